The van der Waals surface area contributed by atoms with Crippen LogP contribution in [0.2, 0.25) is 0 Å². The van der Waals surface area contributed by atoms with Crippen molar-refractivity contribution in [1.82, 2.24) is 0 Å². The third kappa shape index (κ3) is 5.74. The highest BCUT2D eigenvalue weighted by atomic mass is 19.1. The molecule has 6 heteroatoms. The van der Waals surface area contributed by atoms with E-state index in [9.17, 15) is 13.6 Å². The van der Waals surface area contributed by atoms with Crippen LogP contribution in [-0.2, 0) is 30.6 Å². The fourth-order valence-electron chi connectivity index (χ4n) is 4.64. The molecule has 1 aliphatic rings. The lowest BCUT2D eigenvalue weighted by Crippen LogP contribution is -2.32. The minimum Gasteiger partial charge on any atom is -0.481 e. The van der Waals surface area contributed by atoms with Crippen molar-refractivity contribution in [2.75, 3.05) is 23.3 Å². The molecule has 0 bridgehead atoms. The molecule has 0 atom stereocenters. The first-order valence-electron chi connectivity index (χ1n) is 11.8. The van der Waals surface area contributed by atoms with Gasteiger partial charge in [-0.3, -0.25) is 4.79 Å². The molecule has 3 aromatic rings. The molecule has 1 aliphatic heterocycles. The predicted octanol–water partition coefficient (Wildman–Crippen LogP) is 5.90. The largest absolute Gasteiger partial charge is 0.481 e. The molecule has 1 heterocycles. The average molecular weight is 465 g/mol. The fraction of sp³-hybridized carbons (Fsp3) is 0.321. The fourth-order valence-corrected chi connectivity index (χ4v) is 4.64. The normalized spacial score (nSPS) is 13.0. The maximum absolute atomic E-state index is 14.4. The van der Waals surface area contributed by atoms with Crippen LogP contribution in [0.3, 0.4) is 0 Å². The van der Waals surface area contributed by atoms with Crippen LogP contribution in [0.4, 0.5) is 20.2 Å². The summed E-state index contributed by atoms with van der Waals surface area (Å²) in [5, 5.41) is 12.1. The van der Waals surface area contributed by atoms with Crippen molar-refractivity contribution >= 4 is 17.3 Å². The van der Waals surface area contributed by atoms with Gasteiger partial charge in [-0.15, -0.1) is 0 Å². The molecule has 0 amide bonds. The number of benzene rings is 3. The van der Waals surface area contributed by atoms with Crippen molar-refractivity contribution < 1.29 is 18.7 Å². The van der Waals surface area contributed by atoms with E-state index in [0.29, 0.717) is 17.8 Å². The first-order chi connectivity index (χ1) is 16.4. The SMILES string of the molecule is Cc1c(CNc2ccc(CCC(=O)O)c(F)c2)ccc2c1N(CCc1ccc(F)cc1)CCC2. The Hall–Kier alpha value is -3.41. The van der Waals surface area contributed by atoms with Crippen molar-refractivity contribution in [1.29, 1.82) is 0 Å². The van der Waals surface area contributed by atoms with Crippen molar-refractivity contribution in [3.05, 3.63) is 94.0 Å². The van der Waals surface area contributed by atoms with E-state index in [1.165, 1.54) is 35.0 Å². The summed E-state index contributed by atoms with van der Waals surface area (Å²) in [5.74, 6) is -1.54. The standard InChI is InChI=1S/C28H30F2N2O2/c1-19-23(18-31-25-12-8-21(26(30)17-25)9-13-27(33)34)7-6-22-3-2-15-32(28(19)22)16-14-20-4-10-24(29)11-5-20/h4-8,10-12,17,31H,2-3,9,13-16,18H2,1H3,(H,33,34). The second-order valence-electron chi connectivity index (χ2n) is 8.88. The molecule has 0 aliphatic carbocycles. The van der Waals surface area contributed by atoms with Crippen molar-refractivity contribution in [2.24, 2.45) is 0 Å². The minimum atomic E-state index is -0.934. The summed E-state index contributed by atoms with van der Waals surface area (Å²) in [6.07, 6.45) is 3.12. The first-order valence-corrected chi connectivity index (χ1v) is 11.8. The Bertz CT molecular complexity index is 1160. The summed E-state index contributed by atoms with van der Waals surface area (Å²) in [7, 11) is 0. The summed E-state index contributed by atoms with van der Waals surface area (Å²) in [6, 6.07) is 15.9. The summed E-state index contributed by atoms with van der Waals surface area (Å²) in [6.45, 7) is 4.58. The smallest absolute Gasteiger partial charge is 0.303 e. The van der Waals surface area contributed by atoms with Crippen molar-refractivity contribution in [3.63, 3.8) is 0 Å². The Balaban J connectivity index is 1.44. The van der Waals surface area contributed by atoms with Gasteiger partial charge in [0.1, 0.15) is 11.6 Å². The highest BCUT2D eigenvalue weighted by Crippen LogP contribution is 2.33. The summed E-state index contributed by atoms with van der Waals surface area (Å²) >= 11 is 0. The molecule has 0 unspecified atom stereocenters. The number of aryl methyl sites for hydroxylation is 2. The molecule has 4 nitrogen and oxygen atoms in total. The maximum atomic E-state index is 14.4. The van der Waals surface area contributed by atoms with Gasteiger partial charge in [0.25, 0.3) is 0 Å². The van der Waals surface area contributed by atoms with Gasteiger partial charge in [0.2, 0.25) is 0 Å². The molecule has 0 saturated carbocycles. The number of nitrogens with one attached hydrogen (secondary N) is 1. The number of anilines is 2. The van der Waals surface area contributed by atoms with Crippen molar-refractivity contribution in [2.45, 2.75) is 45.6 Å². The highest BCUT2D eigenvalue weighted by Gasteiger charge is 2.20. The van der Waals surface area contributed by atoms with Gasteiger partial charge in [-0.25, -0.2) is 8.78 Å². The number of hydrogen-bond acceptors (Lipinski definition) is 3. The summed E-state index contributed by atoms with van der Waals surface area (Å²) < 4.78 is 27.6. The van der Waals surface area contributed by atoms with Crippen LogP contribution in [0.1, 0.15) is 40.7 Å². The molecule has 0 radical (unpaired) electrons. The van der Waals surface area contributed by atoms with E-state index in [1.54, 1.807) is 12.1 Å². The molecular weight excluding hydrogens is 434 g/mol. The van der Waals surface area contributed by atoms with E-state index in [0.717, 1.165) is 43.5 Å². The quantitative estimate of drug-likeness (QED) is 0.414. The van der Waals surface area contributed by atoms with E-state index in [2.05, 4.69) is 29.3 Å². The van der Waals surface area contributed by atoms with Crippen LogP contribution in [0, 0.1) is 18.6 Å². The van der Waals surface area contributed by atoms with Gasteiger partial charge in [0.05, 0.1) is 0 Å². The van der Waals surface area contributed by atoms with Crippen LogP contribution in [-0.4, -0.2) is 24.2 Å². The zero-order chi connectivity index (χ0) is 24.1. The molecular formula is C28H30F2N2O2. The molecule has 178 valence electrons. The molecule has 0 spiro atoms. The third-order valence-electron chi connectivity index (χ3n) is 6.55. The topological polar surface area (TPSA) is 52.6 Å². The first kappa shape index (κ1) is 23.7. The zero-order valence-corrected chi connectivity index (χ0v) is 19.4. The van der Waals surface area contributed by atoms with Gasteiger partial charge in [0.15, 0.2) is 0 Å². The van der Waals surface area contributed by atoms with Crippen LogP contribution >= 0.6 is 0 Å². The summed E-state index contributed by atoms with van der Waals surface area (Å²) in [5.41, 5.74) is 7.21. The number of aliphatic carboxylic acids is 1. The summed E-state index contributed by atoms with van der Waals surface area (Å²) in [4.78, 5) is 13.2. The minimum absolute atomic E-state index is 0.0876. The lowest BCUT2D eigenvalue weighted by Gasteiger charge is -2.34. The number of carbonyl (C=O) groups is 1. The van der Waals surface area contributed by atoms with E-state index >= 15 is 0 Å². The average Bonchev–Trinajstić information content (AvgIpc) is 2.82. The Morgan fingerprint density at radius 2 is 1.79 bits per heavy atom. The Morgan fingerprint density at radius 3 is 2.53 bits per heavy atom. The van der Waals surface area contributed by atoms with Gasteiger partial charge in [-0.1, -0.05) is 30.3 Å². The van der Waals surface area contributed by atoms with Crippen LogP contribution in [0.25, 0.3) is 0 Å². The molecule has 2 N–H and O–H groups in total. The number of hydrogen-bond donors (Lipinski definition) is 2. The van der Waals surface area contributed by atoms with Crippen LogP contribution < -0.4 is 10.2 Å². The van der Waals surface area contributed by atoms with E-state index in [1.807, 2.05) is 12.1 Å². The number of nitrogens with zero attached hydrogens (tertiary/aromatic N) is 1. The Kier molecular flexibility index (Phi) is 7.46. The molecule has 0 saturated heterocycles. The van der Waals surface area contributed by atoms with E-state index in [-0.39, 0.29) is 24.5 Å². The molecule has 4 rings (SSSR count). The second kappa shape index (κ2) is 10.7. The molecule has 3 aromatic carbocycles. The van der Waals surface area contributed by atoms with Gasteiger partial charge in [0, 0.05) is 37.4 Å². The van der Waals surface area contributed by atoms with Gasteiger partial charge in [-0.05, 0) is 84.7 Å². The predicted molar refractivity (Wildman–Crippen MR) is 132 cm³/mol. The molecule has 34 heavy (non-hydrogen) atoms. The number of fused-ring (bicyclic) bond motifs is 1. The lowest BCUT2D eigenvalue weighted by atomic mass is 9.94. The van der Waals surface area contributed by atoms with Gasteiger partial charge in [-0.2, -0.15) is 0 Å². The number of carboxylic acid groups (broad SMARTS) is 1. The van der Waals surface area contributed by atoms with Crippen LogP contribution in [0.15, 0.2) is 54.6 Å². The van der Waals surface area contributed by atoms with E-state index < -0.39 is 5.97 Å². The highest BCUT2D eigenvalue weighted by molar-refractivity contribution is 5.67. The number of halogens is 2. The van der Waals surface area contributed by atoms with E-state index in [4.69, 9.17) is 5.11 Å². The second-order valence-corrected chi connectivity index (χ2v) is 8.88. The van der Waals surface area contributed by atoms with Gasteiger partial charge >= 0.3 is 5.97 Å². The molecule has 0 aromatic heterocycles. The zero-order valence-electron chi connectivity index (χ0n) is 19.4. The molecule has 0 fully saturated rings. The van der Waals surface area contributed by atoms with Crippen LogP contribution in [0.5, 0.6) is 0 Å². The maximum Gasteiger partial charge on any atom is 0.303 e. The van der Waals surface area contributed by atoms with Crippen molar-refractivity contribution in [3.8, 4) is 0 Å². The van der Waals surface area contributed by atoms with Gasteiger partial charge < -0.3 is 15.3 Å². The number of carboxylic acids is 1. The monoisotopic (exact) mass is 464 g/mol. The number of rotatable bonds is 9. The third-order valence-corrected chi connectivity index (χ3v) is 6.55. The Labute approximate surface area is 199 Å². The Morgan fingerprint density at radius 1 is 1.03 bits per heavy atom. The lowest BCUT2D eigenvalue weighted by molar-refractivity contribution is -0.136.